The molecule has 0 spiro atoms. The number of carbonyl (C=O) groups is 1. The van der Waals surface area contributed by atoms with Crippen molar-refractivity contribution in [1.29, 1.82) is 0 Å². The maximum Gasteiger partial charge on any atom is 0.354 e. The summed E-state index contributed by atoms with van der Waals surface area (Å²) in [5, 5.41) is 11.7. The number of rotatable bonds is 4. The van der Waals surface area contributed by atoms with Gasteiger partial charge in [-0.05, 0) is 30.3 Å². The molecule has 0 unspecified atom stereocenters. The average Bonchev–Trinajstić information content (AvgIpc) is 2.40. The molecule has 0 aliphatic heterocycles. The number of halogens is 2. The molecule has 0 fully saturated rings. The number of carboxylic acids is 1. The van der Waals surface area contributed by atoms with Crippen molar-refractivity contribution in [2.45, 2.75) is 6.54 Å². The molecule has 0 bridgehead atoms. The van der Waals surface area contributed by atoms with Crippen LogP contribution in [0.1, 0.15) is 16.2 Å². The van der Waals surface area contributed by atoms with Crippen molar-refractivity contribution >= 4 is 27.6 Å². The summed E-state index contributed by atoms with van der Waals surface area (Å²) in [5.74, 6) is -1.46. The summed E-state index contributed by atoms with van der Waals surface area (Å²) in [5.41, 5.74) is 0.824. The summed E-state index contributed by atoms with van der Waals surface area (Å²) < 4.78 is 14.2. The zero-order valence-electron chi connectivity index (χ0n) is 9.73. The van der Waals surface area contributed by atoms with Gasteiger partial charge in [-0.1, -0.05) is 22.0 Å². The van der Waals surface area contributed by atoms with Crippen LogP contribution in [-0.2, 0) is 6.54 Å². The molecule has 0 amide bonds. The van der Waals surface area contributed by atoms with E-state index in [0.717, 1.165) is 4.47 Å². The number of hydrogen-bond donors (Lipinski definition) is 2. The molecule has 6 heteroatoms. The van der Waals surface area contributed by atoms with E-state index in [4.69, 9.17) is 5.11 Å². The Hall–Kier alpha value is -1.95. The van der Waals surface area contributed by atoms with Crippen LogP contribution in [0.25, 0.3) is 0 Å². The van der Waals surface area contributed by atoms with Gasteiger partial charge in [0.05, 0.1) is 17.9 Å². The highest BCUT2D eigenvalue weighted by atomic mass is 79.9. The first kappa shape index (κ1) is 13.5. The van der Waals surface area contributed by atoms with Gasteiger partial charge in [-0.25, -0.2) is 14.2 Å². The maximum atomic E-state index is 13.5. The Labute approximate surface area is 117 Å². The van der Waals surface area contributed by atoms with Crippen molar-refractivity contribution in [3.63, 3.8) is 0 Å². The number of nitrogens with zero attached hydrogens (tertiary/aromatic N) is 1. The quantitative estimate of drug-likeness (QED) is 0.905. The number of carboxylic acid groups (broad SMARTS) is 1. The molecule has 1 heterocycles. The van der Waals surface area contributed by atoms with Crippen molar-refractivity contribution in [1.82, 2.24) is 4.98 Å². The Balaban J connectivity index is 2.12. The summed E-state index contributed by atoms with van der Waals surface area (Å²) in [6, 6.07) is 9.24. The fourth-order valence-corrected chi connectivity index (χ4v) is 1.88. The zero-order chi connectivity index (χ0) is 13.8. The molecule has 1 aromatic heterocycles. The van der Waals surface area contributed by atoms with E-state index in [2.05, 4.69) is 26.2 Å². The number of aromatic nitrogens is 1. The van der Waals surface area contributed by atoms with Crippen LogP contribution < -0.4 is 5.32 Å². The number of hydrogen-bond acceptors (Lipinski definition) is 3. The van der Waals surface area contributed by atoms with Gasteiger partial charge >= 0.3 is 5.97 Å². The van der Waals surface area contributed by atoms with E-state index in [9.17, 15) is 9.18 Å². The van der Waals surface area contributed by atoms with E-state index in [-0.39, 0.29) is 18.1 Å². The lowest BCUT2D eigenvalue weighted by Gasteiger charge is -2.08. The van der Waals surface area contributed by atoms with Gasteiger partial charge in [-0.15, -0.1) is 0 Å². The summed E-state index contributed by atoms with van der Waals surface area (Å²) >= 11 is 3.25. The summed E-state index contributed by atoms with van der Waals surface area (Å²) in [6.45, 7) is 0.245. The molecule has 0 saturated carbocycles. The minimum atomic E-state index is -1.09. The fourth-order valence-electron chi connectivity index (χ4n) is 1.52. The molecule has 19 heavy (non-hydrogen) atoms. The van der Waals surface area contributed by atoms with Gasteiger partial charge < -0.3 is 10.4 Å². The lowest BCUT2D eigenvalue weighted by molar-refractivity contribution is 0.0690. The molecule has 4 nitrogen and oxygen atoms in total. The smallest absolute Gasteiger partial charge is 0.354 e. The molecular formula is C13H10BrFN2O2. The van der Waals surface area contributed by atoms with Gasteiger partial charge in [0.25, 0.3) is 0 Å². The van der Waals surface area contributed by atoms with Crippen LogP contribution in [0.15, 0.2) is 40.9 Å². The lowest BCUT2D eigenvalue weighted by Crippen LogP contribution is -2.07. The summed E-state index contributed by atoms with van der Waals surface area (Å²) in [7, 11) is 0. The van der Waals surface area contributed by atoms with E-state index < -0.39 is 5.97 Å². The van der Waals surface area contributed by atoms with Crippen molar-refractivity contribution in [3.8, 4) is 0 Å². The van der Waals surface area contributed by atoms with Gasteiger partial charge in [0.2, 0.25) is 0 Å². The molecule has 0 radical (unpaired) electrons. The number of pyridine rings is 1. The predicted molar refractivity (Wildman–Crippen MR) is 72.6 cm³/mol. The van der Waals surface area contributed by atoms with E-state index in [0.29, 0.717) is 11.4 Å². The molecule has 1 aromatic carbocycles. The van der Waals surface area contributed by atoms with Gasteiger partial charge in [-0.2, -0.15) is 0 Å². The second kappa shape index (κ2) is 5.79. The topological polar surface area (TPSA) is 62.2 Å². The van der Waals surface area contributed by atoms with Crippen LogP contribution in [0, 0.1) is 5.82 Å². The Morgan fingerprint density at radius 2 is 2.16 bits per heavy atom. The molecule has 0 atom stereocenters. The third-order valence-electron chi connectivity index (χ3n) is 2.41. The van der Waals surface area contributed by atoms with Crippen LogP contribution >= 0.6 is 15.9 Å². The summed E-state index contributed by atoms with van der Waals surface area (Å²) in [4.78, 5) is 14.7. The third-order valence-corrected chi connectivity index (χ3v) is 2.91. The second-order valence-corrected chi connectivity index (χ2v) is 4.71. The van der Waals surface area contributed by atoms with Crippen LogP contribution in [-0.4, -0.2) is 16.1 Å². The minimum Gasteiger partial charge on any atom is -0.477 e. The molecule has 0 aliphatic carbocycles. The lowest BCUT2D eigenvalue weighted by atomic mass is 10.2. The normalized spacial score (nSPS) is 10.2. The summed E-state index contributed by atoms with van der Waals surface area (Å²) in [6.07, 6.45) is 0. The monoisotopic (exact) mass is 324 g/mol. The number of aromatic carboxylic acids is 1. The van der Waals surface area contributed by atoms with Crippen LogP contribution in [0.4, 0.5) is 10.1 Å². The van der Waals surface area contributed by atoms with Crippen LogP contribution in [0.3, 0.4) is 0 Å². The molecule has 2 N–H and O–H groups in total. The number of anilines is 1. The number of nitrogens with one attached hydrogen (secondary N) is 1. The highest BCUT2D eigenvalue weighted by Crippen LogP contribution is 2.20. The highest BCUT2D eigenvalue weighted by Gasteiger charge is 2.06. The van der Waals surface area contributed by atoms with Crippen LogP contribution in [0.2, 0.25) is 0 Å². The third kappa shape index (κ3) is 3.51. The first-order valence-corrected chi connectivity index (χ1v) is 6.24. The van der Waals surface area contributed by atoms with Gasteiger partial charge in [0.15, 0.2) is 0 Å². The molecule has 2 rings (SSSR count). The second-order valence-electron chi connectivity index (χ2n) is 3.80. The Morgan fingerprint density at radius 1 is 1.37 bits per heavy atom. The van der Waals surface area contributed by atoms with Gasteiger partial charge in [-0.3, -0.25) is 0 Å². The largest absolute Gasteiger partial charge is 0.477 e. The fraction of sp³-hybridized carbons (Fsp3) is 0.0769. The van der Waals surface area contributed by atoms with Crippen LogP contribution in [0.5, 0.6) is 0 Å². The van der Waals surface area contributed by atoms with E-state index >= 15 is 0 Å². The van der Waals surface area contributed by atoms with E-state index in [1.807, 2.05) is 0 Å². The molecular weight excluding hydrogens is 315 g/mol. The standard InChI is InChI=1S/C13H10BrFN2O2/c14-8-4-5-10(15)12(6-8)16-7-9-2-1-3-11(17-9)13(18)19/h1-6,16H,7H2,(H,18,19). The first-order valence-electron chi connectivity index (χ1n) is 5.44. The SMILES string of the molecule is O=C(O)c1cccc(CNc2cc(Br)ccc2F)n1. The van der Waals surface area contributed by atoms with Gasteiger partial charge in [0, 0.05) is 4.47 Å². The van der Waals surface area contributed by atoms with Gasteiger partial charge in [0.1, 0.15) is 11.5 Å². The van der Waals surface area contributed by atoms with Crippen molar-refractivity contribution in [2.75, 3.05) is 5.32 Å². The maximum absolute atomic E-state index is 13.5. The zero-order valence-corrected chi connectivity index (χ0v) is 11.3. The average molecular weight is 325 g/mol. The minimum absolute atomic E-state index is 0.0333. The molecule has 98 valence electrons. The Bertz CT molecular complexity index is 619. The van der Waals surface area contributed by atoms with Crippen molar-refractivity contribution < 1.29 is 14.3 Å². The van der Waals surface area contributed by atoms with Crippen molar-refractivity contribution in [2.24, 2.45) is 0 Å². The van der Waals surface area contributed by atoms with E-state index in [1.54, 1.807) is 24.3 Å². The Kier molecular flexibility index (Phi) is 4.11. The molecule has 2 aromatic rings. The Morgan fingerprint density at radius 3 is 2.89 bits per heavy atom. The molecule has 0 aliphatic rings. The predicted octanol–water partition coefficient (Wildman–Crippen LogP) is 3.29. The van der Waals surface area contributed by atoms with E-state index in [1.165, 1.54) is 12.1 Å². The molecule has 0 saturated heterocycles. The first-order chi connectivity index (χ1) is 9.06. The highest BCUT2D eigenvalue weighted by molar-refractivity contribution is 9.10. The number of benzene rings is 1. The van der Waals surface area contributed by atoms with Crippen molar-refractivity contribution in [3.05, 3.63) is 58.1 Å².